The minimum Gasteiger partial charge on any atom is -0.369 e. The van der Waals surface area contributed by atoms with Gasteiger partial charge in [-0.25, -0.2) is 0 Å². The van der Waals surface area contributed by atoms with Crippen LogP contribution in [0.3, 0.4) is 0 Å². The van der Waals surface area contributed by atoms with Crippen molar-refractivity contribution in [3.8, 4) is 0 Å². The monoisotopic (exact) mass is 328 g/mol. The highest BCUT2D eigenvalue weighted by atomic mass is 15.3. The van der Waals surface area contributed by atoms with Crippen molar-refractivity contribution < 1.29 is 0 Å². The van der Waals surface area contributed by atoms with Gasteiger partial charge in [0.05, 0.1) is 6.20 Å². The smallest absolute Gasteiger partial charge is 0.249 e. The highest BCUT2D eigenvalue weighted by molar-refractivity contribution is 5.64. The van der Waals surface area contributed by atoms with Crippen molar-refractivity contribution in [3.63, 3.8) is 0 Å². The molecule has 0 atom stereocenters. The number of aryl methyl sites for hydroxylation is 1. The summed E-state index contributed by atoms with van der Waals surface area (Å²) in [7, 11) is 4.14. The van der Waals surface area contributed by atoms with Crippen LogP contribution in [0.4, 0.5) is 17.5 Å². The first-order chi connectivity index (χ1) is 11.5. The lowest BCUT2D eigenvalue weighted by Gasteiger charge is -2.16. The van der Waals surface area contributed by atoms with Gasteiger partial charge in [-0.1, -0.05) is 32.0 Å². The molecule has 0 aliphatic heterocycles. The Morgan fingerprint density at radius 1 is 1.21 bits per heavy atom. The van der Waals surface area contributed by atoms with E-state index in [1.54, 1.807) is 6.20 Å². The van der Waals surface area contributed by atoms with Gasteiger partial charge in [0.2, 0.25) is 5.95 Å². The van der Waals surface area contributed by atoms with Crippen molar-refractivity contribution >= 4 is 17.5 Å². The second-order valence-corrected chi connectivity index (χ2v) is 6.57. The Balaban J connectivity index is 2.07. The molecule has 0 aliphatic carbocycles. The molecular formula is C18H28N6. The Labute approximate surface area is 144 Å². The van der Waals surface area contributed by atoms with Gasteiger partial charge in [0.1, 0.15) is 0 Å². The minimum atomic E-state index is 0.424. The van der Waals surface area contributed by atoms with Gasteiger partial charge in [0, 0.05) is 12.2 Å². The van der Waals surface area contributed by atoms with Crippen LogP contribution < -0.4 is 10.6 Å². The van der Waals surface area contributed by atoms with Gasteiger partial charge < -0.3 is 15.5 Å². The number of nitrogens with zero attached hydrogens (tertiary/aromatic N) is 4. The number of rotatable bonds is 8. The summed E-state index contributed by atoms with van der Waals surface area (Å²) in [5, 5.41) is 14.8. The van der Waals surface area contributed by atoms with E-state index in [1.807, 2.05) is 0 Å². The summed E-state index contributed by atoms with van der Waals surface area (Å²) in [4.78, 5) is 6.68. The van der Waals surface area contributed by atoms with Gasteiger partial charge in [-0.05, 0) is 51.0 Å². The van der Waals surface area contributed by atoms with Gasteiger partial charge in [-0.3, -0.25) is 0 Å². The number of nitrogens with one attached hydrogen (secondary N) is 2. The summed E-state index contributed by atoms with van der Waals surface area (Å²) in [5.41, 5.74) is 3.50. The van der Waals surface area contributed by atoms with E-state index < -0.39 is 0 Å². The van der Waals surface area contributed by atoms with Crippen molar-refractivity contribution in [1.82, 2.24) is 20.1 Å². The summed E-state index contributed by atoms with van der Waals surface area (Å²) >= 11 is 0. The average molecular weight is 328 g/mol. The number of anilines is 3. The van der Waals surface area contributed by atoms with Crippen molar-refractivity contribution in [2.75, 3.05) is 37.8 Å². The molecule has 0 bridgehead atoms. The maximum atomic E-state index is 4.52. The summed E-state index contributed by atoms with van der Waals surface area (Å²) < 4.78 is 0. The molecule has 6 nitrogen and oxygen atoms in total. The molecule has 2 rings (SSSR count). The van der Waals surface area contributed by atoms with Crippen molar-refractivity contribution in [3.05, 3.63) is 35.5 Å². The topological polar surface area (TPSA) is 66.0 Å². The van der Waals surface area contributed by atoms with E-state index in [4.69, 9.17) is 0 Å². The van der Waals surface area contributed by atoms with Crippen LogP contribution in [0.15, 0.2) is 24.4 Å². The third-order valence-corrected chi connectivity index (χ3v) is 3.81. The van der Waals surface area contributed by atoms with Crippen molar-refractivity contribution in [1.29, 1.82) is 0 Å². The van der Waals surface area contributed by atoms with E-state index >= 15 is 0 Å². The lowest BCUT2D eigenvalue weighted by atomic mass is 9.98. The summed E-state index contributed by atoms with van der Waals surface area (Å²) in [6.45, 7) is 8.35. The van der Waals surface area contributed by atoms with E-state index in [-0.39, 0.29) is 0 Å². The van der Waals surface area contributed by atoms with Crippen LogP contribution in [0, 0.1) is 6.92 Å². The molecule has 1 aromatic heterocycles. The second-order valence-electron chi connectivity index (χ2n) is 6.57. The summed E-state index contributed by atoms with van der Waals surface area (Å²) in [6, 6.07) is 6.31. The fourth-order valence-corrected chi connectivity index (χ4v) is 2.51. The number of hydrogen-bond acceptors (Lipinski definition) is 6. The Hall–Kier alpha value is -2.21. The van der Waals surface area contributed by atoms with Gasteiger partial charge in [-0.15, -0.1) is 5.10 Å². The zero-order chi connectivity index (χ0) is 17.5. The predicted octanol–water partition coefficient (Wildman–Crippen LogP) is 3.41. The van der Waals surface area contributed by atoms with Crippen LogP contribution in [-0.2, 0) is 0 Å². The van der Waals surface area contributed by atoms with Crippen LogP contribution in [-0.4, -0.2) is 47.3 Å². The normalized spacial score (nSPS) is 11.1. The maximum absolute atomic E-state index is 4.52. The molecule has 0 aliphatic rings. The molecule has 0 amide bonds. The number of aromatic nitrogens is 3. The Kier molecular flexibility index (Phi) is 6.49. The first-order valence-corrected chi connectivity index (χ1v) is 8.42. The Morgan fingerprint density at radius 3 is 2.71 bits per heavy atom. The molecule has 130 valence electrons. The zero-order valence-electron chi connectivity index (χ0n) is 15.3. The number of hydrogen-bond donors (Lipinski definition) is 2. The van der Waals surface area contributed by atoms with Crippen LogP contribution in [0.25, 0.3) is 0 Å². The maximum Gasteiger partial charge on any atom is 0.249 e. The highest BCUT2D eigenvalue weighted by Gasteiger charge is 2.11. The number of benzene rings is 1. The third kappa shape index (κ3) is 5.16. The summed E-state index contributed by atoms with van der Waals surface area (Å²) in [5.74, 6) is 1.68. The molecule has 2 aromatic rings. The molecule has 2 N–H and O–H groups in total. The van der Waals surface area contributed by atoms with Crippen LogP contribution in [0.1, 0.15) is 37.3 Å². The number of para-hydroxylation sites is 1. The largest absolute Gasteiger partial charge is 0.369 e. The quantitative estimate of drug-likeness (QED) is 0.724. The van der Waals surface area contributed by atoms with Crippen LogP contribution >= 0.6 is 0 Å². The Bertz CT molecular complexity index is 654. The summed E-state index contributed by atoms with van der Waals surface area (Å²) in [6.07, 6.45) is 2.71. The van der Waals surface area contributed by atoms with E-state index in [0.717, 1.165) is 31.0 Å². The molecular weight excluding hydrogens is 300 g/mol. The first-order valence-electron chi connectivity index (χ1n) is 8.42. The SMILES string of the molecule is Cc1cccc(C(C)C)c1Nc1nncc(NCCCN(C)C)n1. The van der Waals surface area contributed by atoms with Crippen LogP contribution in [0.5, 0.6) is 0 Å². The molecule has 1 heterocycles. The van der Waals surface area contributed by atoms with Crippen LogP contribution in [0.2, 0.25) is 0 Å². The molecule has 24 heavy (non-hydrogen) atoms. The highest BCUT2D eigenvalue weighted by Crippen LogP contribution is 2.29. The van der Waals surface area contributed by atoms with E-state index in [0.29, 0.717) is 11.9 Å². The molecule has 0 saturated carbocycles. The fraction of sp³-hybridized carbons (Fsp3) is 0.500. The van der Waals surface area contributed by atoms with Gasteiger partial charge in [-0.2, -0.15) is 10.1 Å². The molecule has 0 unspecified atom stereocenters. The van der Waals surface area contributed by atoms with Gasteiger partial charge >= 0.3 is 0 Å². The lowest BCUT2D eigenvalue weighted by molar-refractivity contribution is 0.405. The molecule has 0 spiro atoms. The Morgan fingerprint density at radius 2 is 2.00 bits per heavy atom. The van der Waals surface area contributed by atoms with Crippen molar-refractivity contribution in [2.45, 2.75) is 33.1 Å². The van der Waals surface area contributed by atoms with Crippen molar-refractivity contribution in [2.24, 2.45) is 0 Å². The zero-order valence-corrected chi connectivity index (χ0v) is 15.3. The van der Waals surface area contributed by atoms with Gasteiger partial charge in [0.15, 0.2) is 5.82 Å². The van der Waals surface area contributed by atoms with Gasteiger partial charge in [0.25, 0.3) is 0 Å². The average Bonchev–Trinajstić information content (AvgIpc) is 2.53. The van der Waals surface area contributed by atoms with E-state index in [9.17, 15) is 0 Å². The lowest BCUT2D eigenvalue weighted by Crippen LogP contribution is -2.17. The second kappa shape index (κ2) is 8.59. The fourth-order valence-electron chi connectivity index (χ4n) is 2.51. The first kappa shape index (κ1) is 18.1. The molecule has 0 saturated heterocycles. The van der Waals surface area contributed by atoms with E-state index in [2.05, 4.69) is 83.8 Å². The standard InChI is InChI=1S/C18H28N6/c1-13(2)15-9-6-8-14(3)17(15)22-18-21-16(12-20-23-18)19-10-7-11-24(4)5/h6,8-9,12-13H,7,10-11H2,1-5H3,(H2,19,21,22,23). The molecule has 1 aromatic carbocycles. The molecule has 0 fully saturated rings. The predicted molar refractivity (Wildman–Crippen MR) is 100 cm³/mol. The molecule has 6 heteroatoms. The van der Waals surface area contributed by atoms with E-state index in [1.165, 1.54) is 11.1 Å². The third-order valence-electron chi connectivity index (χ3n) is 3.81. The molecule has 0 radical (unpaired) electrons. The minimum absolute atomic E-state index is 0.424.